The number of rotatable bonds is 3. The Kier molecular flexibility index (Phi) is 4.50. The lowest BCUT2D eigenvalue weighted by molar-refractivity contribution is 0.0817. The van der Waals surface area contributed by atoms with Crippen molar-refractivity contribution in [2.24, 2.45) is 0 Å². The number of aromatic amines is 1. The second kappa shape index (κ2) is 6.73. The Balaban J connectivity index is 1.79. The van der Waals surface area contributed by atoms with Crippen LogP contribution >= 0.6 is 0 Å². The lowest BCUT2D eigenvalue weighted by Crippen LogP contribution is -2.46. The summed E-state index contributed by atoms with van der Waals surface area (Å²) >= 11 is 0. The molecule has 1 saturated heterocycles. The third-order valence-electron chi connectivity index (χ3n) is 4.38. The molecule has 6 nitrogen and oxygen atoms in total. The quantitative estimate of drug-likeness (QED) is 0.944. The Bertz CT molecular complexity index is 707. The molecule has 1 aromatic carbocycles. The summed E-state index contributed by atoms with van der Waals surface area (Å²) in [5, 5.41) is 2.34. The van der Waals surface area contributed by atoms with Crippen LogP contribution in [-0.2, 0) is 11.2 Å². The van der Waals surface area contributed by atoms with Crippen molar-refractivity contribution in [1.29, 1.82) is 0 Å². The third-order valence-corrected chi connectivity index (χ3v) is 4.38. The largest absolute Gasteiger partial charge is 0.453 e. The number of nitrogens with zero attached hydrogens (tertiary/aromatic N) is 1. The zero-order chi connectivity index (χ0) is 16.2. The zero-order valence-corrected chi connectivity index (χ0v) is 13.0. The first kappa shape index (κ1) is 15.4. The molecule has 1 aliphatic rings. The van der Waals surface area contributed by atoms with Crippen LogP contribution in [0.5, 0.6) is 0 Å². The summed E-state index contributed by atoms with van der Waals surface area (Å²) in [6.07, 6.45) is 1.94. The summed E-state index contributed by atoms with van der Waals surface area (Å²) < 4.78 is 10.2. The molecule has 0 saturated carbocycles. The highest BCUT2D eigenvalue weighted by molar-refractivity contribution is 5.68. The minimum Gasteiger partial charge on any atom is -0.453 e. The summed E-state index contributed by atoms with van der Waals surface area (Å²) in [6, 6.07) is 11.6. The van der Waals surface area contributed by atoms with E-state index >= 15 is 0 Å². The molecule has 1 amide bonds. The smallest absolute Gasteiger partial charge is 0.409 e. The summed E-state index contributed by atoms with van der Waals surface area (Å²) in [5.74, 6) is 0.793. The number of nitrogens with one attached hydrogen (secondary N) is 1. The molecule has 2 heterocycles. The highest BCUT2D eigenvalue weighted by atomic mass is 16.5. The van der Waals surface area contributed by atoms with Gasteiger partial charge in [0.15, 0.2) is 0 Å². The number of H-pyrrole nitrogens is 1. The van der Waals surface area contributed by atoms with Crippen molar-refractivity contribution >= 4 is 6.09 Å². The van der Waals surface area contributed by atoms with Gasteiger partial charge in [-0.05, 0) is 24.8 Å². The maximum atomic E-state index is 12.0. The maximum absolute atomic E-state index is 12.0. The molecule has 1 aliphatic heterocycles. The van der Waals surface area contributed by atoms with Crippen molar-refractivity contribution in [3.05, 3.63) is 58.1 Å². The van der Waals surface area contributed by atoms with E-state index in [1.807, 2.05) is 18.2 Å². The van der Waals surface area contributed by atoms with E-state index in [0.717, 1.165) is 19.3 Å². The van der Waals surface area contributed by atoms with Crippen LogP contribution in [0.3, 0.4) is 0 Å². The van der Waals surface area contributed by atoms with E-state index in [9.17, 15) is 9.59 Å². The lowest BCUT2D eigenvalue weighted by atomic mass is 9.86. The highest BCUT2D eigenvalue weighted by Crippen LogP contribution is 2.32. The minimum atomic E-state index is -0.306. The number of piperidine rings is 1. The predicted octanol–water partition coefficient (Wildman–Crippen LogP) is 2.53. The van der Waals surface area contributed by atoms with E-state index in [4.69, 9.17) is 9.26 Å². The highest BCUT2D eigenvalue weighted by Gasteiger charge is 2.34. The van der Waals surface area contributed by atoms with E-state index < -0.39 is 0 Å². The third kappa shape index (κ3) is 3.47. The molecule has 23 heavy (non-hydrogen) atoms. The van der Waals surface area contributed by atoms with Gasteiger partial charge in [0, 0.05) is 24.6 Å². The number of hydrogen-bond donors (Lipinski definition) is 1. The molecule has 2 aromatic rings. The van der Waals surface area contributed by atoms with Crippen molar-refractivity contribution in [1.82, 2.24) is 10.1 Å². The normalized spacial score (nSPS) is 21.2. The molecule has 122 valence electrons. The van der Waals surface area contributed by atoms with E-state index in [1.165, 1.54) is 18.7 Å². The van der Waals surface area contributed by atoms with Crippen LogP contribution in [-0.4, -0.2) is 35.8 Å². The van der Waals surface area contributed by atoms with Crippen LogP contribution in [0.4, 0.5) is 4.79 Å². The zero-order valence-electron chi connectivity index (χ0n) is 13.0. The molecule has 0 radical (unpaired) electrons. The number of aromatic nitrogens is 1. The summed E-state index contributed by atoms with van der Waals surface area (Å²) in [6.45, 7) is 0.587. The lowest BCUT2D eigenvalue weighted by Gasteiger charge is -2.38. The van der Waals surface area contributed by atoms with Gasteiger partial charge in [0.2, 0.25) is 0 Å². The second-order valence-corrected chi connectivity index (χ2v) is 5.84. The molecule has 1 fully saturated rings. The van der Waals surface area contributed by atoms with Crippen LogP contribution in [0, 0.1) is 0 Å². The molecular weight excluding hydrogens is 296 g/mol. The van der Waals surface area contributed by atoms with Crippen molar-refractivity contribution < 1.29 is 14.1 Å². The molecule has 0 bridgehead atoms. The average molecular weight is 316 g/mol. The first-order chi connectivity index (χ1) is 11.2. The Hall–Kier alpha value is -2.50. The van der Waals surface area contributed by atoms with Crippen LogP contribution in [0.15, 0.2) is 45.7 Å². The van der Waals surface area contributed by atoms with Crippen LogP contribution in [0.1, 0.15) is 30.1 Å². The average Bonchev–Trinajstić information content (AvgIpc) is 3.01. The number of likely N-dealkylation sites (tertiary alicyclic amines) is 1. The molecule has 0 spiro atoms. The number of methoxy groups -OCH3 is 1. The van der Waals surface area contributed by atoms with Gasteiger partial charge in [-0.3, -0.25) is 4.79 Å². The molecule has 2 atom stereocenters. The summed E-state index contributed by atoms with van der Waals surface area (Å²) in [4.78, 5) is 25.1. The molecule has 1 N–H and O–H groups in total. The number of amides is 1. The van der Waals surface area contributed by atoms with E-state index in [2.05, 4.69) is 17.3 Å². The van der Waals surface area contributed by atoms with Gasteiger partial charge in [-0.1, -0.05) is 30.3 Å². The van der Waals surface area contributed by atoms with Crippen LogP contribution in [0.2, 0.25) is 0 Å². The maximum Gasteiger partial charge on any atom is 0.409 e. The molecule has 0 aliphatic carbocycles. The number of ether oxygens (including phenoxy) is 1. The molecule has 6 heteroatoms. The predicted molar refractivity (Wildman–Crippen MR) is 84.3 cm³/mol. The monoisotopic (exact) mass is 316 g/mol. The standard InChI is InChI=1S/C17H20N2O4/c1-22-17(21)19-8-7-13(15-11-16(20)18-23-15)10-14(19)9-12-5-3-2-4-6-12/h2-6,11,13-14H,7-10H2,1H3,(H,18,20)/t13-,14+/m1/s1. The van der Waals surface area contributed by atoms with Gasteiger partial charge in [0.05, 0.1) is 7.11 Å². The Morgan fingerprint density at radius 2 is 2.17 bits per heavy atom. The number of hydrogen-bond acceptors (Lipinski definition) is 4. The van der Waals surface area contributed by atoms with Gasteiger partial charge in [-0.25, -0.2) is 4.79 Å². The number of benzene rings is 1. The fraction of sp³-hybridized carbons (Fsp3) is 0.412. The van der Waals surface area contributed by atoms with Gasteiger partial charge in [0.1, 0.15) is 5.76 Å². The number of carbonyl (C=O) groups excluding carboxylic acids is 1. The van der Waals surface area contributed by atoms with Crippen LogP contribution < -0.4 is 5.56 Å². The van der Waals surface area contributed by atoms with Gasteiger partial charge in [0.25, 0.3) is 5.56 Å². The first-order valence-electron chi connectivity index (χ1n) is 7.74. The topological polar surface area (TPSA) is 75.5 Å². The van der Waals surface area contributed by atoms with E-state index in [-0.39, 0.29) is 23.6 Å². The van der Waals surface area contributed by atoms with E-state index in [0.29, 0.717) is 12.3 Å². The SMILES string of the molecule is COC(=O)N1CC[C@@H](c2cc(=O)[nH]o2)C[C@@H]1Cc1ccccc1. The second-order valence-electron chi connectivity index (χ2n) is 5.84. The van der Waals surface area contributed by atoms with Gasteiger partial charge < -0.3 is 14.2 Å². The van der Waals surface area contributed by atoms with E-state index in [1.54, 1.807) is 4.90 Å². The molecular formula is C17H20N2O4. The van der Waals surface area contributed by atoms with Crippen molar-refractivity contribution in [3.8, 4) is 0 Å². The fourth-order valence-electron chi connectivity index (χ4n) is 3.25. The summed E-state index contributed by atoms with van der Waals surface area (Å²) in [5.41, 5.74) is 0.942. The van der Waals surface area contributed by atoms with Crippen molar-refractivity contribution in [3.63, 3.8) is 0 Å². The molecule has 0 unspecified atom stereocenters. The molecule has 1 aromatic heterocycles. The fourth-order valence-corrected chi connectivity index (χ4v) is 3.25. The van der Waals surface area contributed by atoms with Gasteiger partial charge in [-0.2, -0.15) is 5.16 Å². The van der Waals surface area contributed by atoms with Gasteiger partial charge in [-0.15, -0.1) is 0 Å². The van der Waals surface area contributed by atoms with Gasteiger partial charge >= 0.3 is 6.09 Å². The van der Waals surface area contributed by atoms with Crippen molar-refractivity contribution in [2.45, 2.75) is 31.2 Å². The summed E-state index contributed by atoms with van der Waals surface area (Å²) in [7, 11) is 1.40. The Labute approximate surface area is 134 Å². The Morgan fingerprint density at radius 1 is 1.39 bits per heavy atom. The Morgan fingerprint density at radius 3 is 2.83 bits per heavy atom. The molecule has 3 rings (SSSR count). The minimum absolute atomic E-state index is 0.0174. The van der Waals surface area contributed by atoms with Crippen LogP contribution in [0.25, 0.3) is 0 Å². The number of carbonyl (C=O) groups is 1. The van der Waals surface area contributed by atoms with Crippen molar-refractivity contribution in [2.75, 3.05) is 13.7 Å². The first-order valence-corrected chi connectivity index (χ1v) is 7.74.